The zero-order valence-corrected chi connectivity index (χ0v) is 36.8. The van der Waals surface area contributed by atoms with E-state index in [0.717, 1.165) is 51.6 Å². The fourth-order valence-corrected chi connectivity index (χ4v) is 14.1. The van der Waals surface area contributed by atoms with Crippen LogP contribution in [0.25, 0.3) is 0 Å². The van der Waals surface area contributed by atoms with Gasteiger partial charge in [-0.05, 0) is 91.8 Å². The Labute approximate surface area is 368 Å². The zero-order valence-electron chi connectivity index (χ0n) is 36.8. The van der Waals surface area contributed by atoms with Gasteiger partial charge in [0.1, 0.15) is 73.2 Å². The molecule has 18 nitrogen and oxygen atoms in total. The number of allylic oxidation sites excluding steroid dienone is 1. The second-order valence-electron chi connectivity index (χ2n) is 21.1. The molecule has 1 spiro atoms. The summed E-state index contributed by atoms with van der Waals surface area (Å²) in [5.74, 6) is 2.47. The highest BCUT2D eigenvalue weighted by Gasteiger charge is 2.69. The number of aliphatic hydroxyl groups is 10. The number of hydrogen-bond acceptors (Lipinski definition) is 18. The summed E-state index contributed by atoms with van der Waals surface area (Å²) in [7, 11) is 0. The summed E-state index contributed by atoms with van der Waals surface area (Å²) >= 11 is 0. The Kier molecular flexibility index (Phi) is 13.3. The van der Waals surface area contributed by atoms with Gasteiger partial charge in [-0.3, -0.25) is 0 Å². The molecular weight excluding hydrogens is 828 g/mol. The molecule has 26 atom stereocenters. The SMILES string of the molecule is C[C@@H]1CC[C@@]2(OC1)O[C@H]1C[C@H]3[C@@H]4CC=C5C[C@@H](O[C@@H]6O[C@H](CO)[C@@H](O[C@H]7O[C@H](CO)[C@@H](O)[C@H](O)[C@@H]7O)[C@H](O)[C@H]6O[C@H]6O[C@H](CO)[C@@H](O)[C@H](O)[C@@H]6O)CC[C@]5(C)[C@H]4CC[C@]3(C)[C@H]1[C@@H]2C. The molecule has 3 saturated carbocycles. The minimum Gasteiger partial charge on any atom is -0.394 e. The van der Waals surface area contributed by atoms with Gasteiger partial charge < -0.3 is 89.0 Å². The van der Waals surface area contributed by atoms with E-state index in [9.17, 15) is 51.1 Å². The third-order valence-electron chi connectivity index (χ3n) is 17.7. The van der Waals surface area contributed by atoms with E-state index in [1.165, 1.54) is 5.57 Å². The van der Waals surface area contributed by atoms with Crippen molar-refractivity contribution < 1.29 is 89.0 Å². The van der Waals surface area contributed by atoms with Crippen molar-refractivity contribution in [1.29, 1.82) is 0 Å². The Hall–Kier alpha value is -0.980. The minimum absolute atomic E-state index is 0.0603. The topological polar surface area (TPSA) is 276 Å². The molecule has 0 aromatic heterocycles. The molecule has 0 bridgehead atoms. The second-order valence-corrected chi connectivity index (χ2v) is 21.1. The van der Waals surface area contributed by atoms with E-state index >= 15 is 0 Å². The quantitative estimate of drug-likeness (QED) is 0.127. The molecule has 8 fully saturated rings. The predicted molar refractivity (Wildman–Crippen MR) is 216 cm³/mol. The summed E-state index contributed by atoms with van der Waals surface area (Å²) in [6, 6.07) is 0. The molecular formula is C45H72O18. The van der Waals surface area contributed by atoms with Crippen molar-refractivity contribution in [1.82, 2.24) is 0 Å². The molecule has 0 unspecified atom stereocenters. The van der Waals surface area contributed by atoms with Gasteiger partial charge in [0.2, 0.25) is 0 Å². The van der Waals surface area contributed by atoms with E-state index < -0.39 is 124 Å². The Morgan fingerprint density at radius 2 is 1.27 bits per heavy atom. The first-order valence-electron chi connectivity index (χ1n) is 23.5. The van der Waals surface area contributed by atoms with Crippen molar-refractivity contribution >= 4 is 0 Å². The summed E-state index contributed by atoms with van der Waals surface area (Å²) < 4.78 is 49.7. The Morgan fingerprint density at radius 3 is 1.87 bits per heavy atom. The van der Waals surface area contributed by atoms with Crippen molar-refractivity contribution in [2.75, 3.05) is 26.4 Å². The van der Waals surface area contributed by atoms with Crippen molar-refractivity contribution in [3.63, 3.8) is 0 Å². The maximum atomic E-state index is 12.0. The molecule has 0 aromatic carbocycles. The summed E-state index contributed by atoms with van der Waals surface area (Å²) in [5.41, 5.74) is 1.42. The number of ether oxygens (including phenoxy) is 8. The van der Waals surface area contributed by atoms with Crippen LogP contribution in [0, 0.1) is 46.3 Å². The number of hydrogen-bond donors (Lipinski definition) is 10. The highest BCUT2D eigenvalue weighted by molar-refractivity contribution is 5.26. The van der Waals surface area contributed by atoms with Gasteiger partial charge in [0.15, 0.2) is 24.7 Å². The largest absolute Gasteiger partial charge is 0.394 e. The molecule has 18 heteroatoms. The van der Waals surface area contributed by atoms with E-state index in [-0.39, 0.29) is 16.9 Å². The van der Waals surface area contributed by atoms with E-state index in [4.69, 9.17) is 37.9 Å². The summed E-state index contributed by atoms with van der Waals surface area (Å²) in [5, 5.41) is 106. The number of fused-ring (bicyclic) bond motifs is 7. The minimum atomic E-state index is -1.84. The summed E-state index contributed by atoms with van der Waals surface area (Å²) in [6.45, 7) is 8.10. The van der Waals surface area contributed by atoms with Crippen LogP contribution >= 0.6 is 0 Å². The molecule has 5 heterocycles. The Bertz CT molecular complexity index is 1630. The first-order valence-corrected chi connectivity index (χ1v) is 23.5. The first kappa shape index (κ1) is 47.1. The third kappa shape index (κ3) is 7.81. The van der Waals surface area contributed by atoms with Gasteiger partial charge in [-0.2, -0.15) is 0 Å². The van der Waals surface area contributed by atoms with Crippen LogP contribution in [-0.4, -0.2) is 188 Å². The van der Waals surface area contributed by atoms with Gasteiger partial charge in [-0.1, -0.05) is 39.3 Å². The zero-order chi connectivity index (χ0) is 44.9. The monoisotopic (exact) mass is 900 g/mol. The van der Waals surface area contributed by atoms with E-state index in [1.807, 2.05) is 0 Å². The molecule has 0 amide bonds. The molecule has 360 valence electrons. The molecule has 9 rings (SSSR count). The van der Waals surface area contributed by atoms with Crippen LogP contribution in [0.1, 0.15) is 85.5 Å². The van der Waals surface area contributed by atoms with Crippen LogP contribution in [0.3, 0.4) is 0 Å². The Morgan fingerprint density at radius 1 is 0.651 bits per heavy atom. The van der Waals surface area contributed by atoms with Crippen LogP contribution in [0.15, 0.2) is 11.6 Å². The summed E-state index contributed by atoms with van der Waals surface area (Å²) in [6.07, 6.45) is -13.8. The first-order chi connectivity index (χ1) is 30.0. The van der Waals surface area contributed by atoms with Crippen LogP contribution < -0.4 is 0 Å². The average Bonchev–Trinajstić information content (AvgIpc) is 3.72. The number of rotatable bonds is 9. The van der Waals surface area contributed by atoms with Gasteiger partial charge in [0.25, 0.3) is 0 Å². The van der Waals surface area contributed by atoms with E-state index in [2.05, 4.69) is 33.8 Å². The fraction of sp³-hybridized carbons (Fsp3) is 0.956. The van der Waals surface area contributed by atoms with Gasteiger partial charge >= 0.3 is 0 Å². The molecule has 63 heavy (non-hydrogen) atoms. The summed E-state index contributed by atoms with van der Waals surface area (Å²) in [4.78, 5) is 0. The predicted octanol–water partition coefficient (Wildman–Crippen LogP) is -0.813. The molecule has 5 saturated heterocycles. The molecule has 5 aliphatic heterocycles. The third-order valence-corrected chi connectivity index (χ3v) is 17.7. The lowest BCUT2D eigenvalue weighted by molar-refractivity contribution is -0.391. The lowest BCUT2D eigenvalue weighted by Crippen LogP contribution is -2.67. The van der Waals surface area contributed by atoms with Crippen LogP contribution in [0.2, 0.25) is 0 Å². The van der Waals surface area contributed by atoms with Crippen LogP contribution in [0.5, 0.6) is 0 Å². The van der Waals surface area contributed by atoms with Crippen molar-refractivity contribution in [3.05, 3.63) is 11.6 Å². The average molecular weight is 901 g/mol. The maximum absolute atomic E-state index is 12.0. The van der Waals surface area contributed by atoms with Crippen molar-refractivity contribution in [2.24, 2.45) is 46.3 Å². The molecule has 0 aromatic rings. The second kappa shape index (κ2) is 17.8. The molecule has 9 aliphatic rings. The number of aliphatic hydroxyl groups excluding tert-OH is 10. The van der Waals surface area contributed by atoms with Gasteiger partial charge in [-0.15, -0.1) is 0 Å². The van der Waals surface area contributed by atoms with Crippen molar-refractivity contribution in [2.45, 2.75) is 196 Å². The smallest absolute Gasteiger partial charge is 0.187 e. The lowest BCUT2D eigenvalue weighted by atomic mass is 9.47. The molecule has 4 aliphatic carbocycles. The lowest BCUT2D eigenvalue weighted by Gasteiger charge is -2.58. The van der Waals surface area contributed by atoms with Gasteiger partial charge in [0, 0.05) is 12.3 Å². The van der Waals surface area contributed by atoms with E-state index in [0.29, 0.717) is 48.3 Å². The van der Waals surface area contributed by atoms with E-state index in [1.54, 1.807) is 0 Å². The Balaban J connectivity index is 0.922. The molecule has 0 radical (unpaired) electrons. The normalized spacial score (nSPS) is 56.9. The standard InChI is InChI=1S/C45H72O18/c1-19-7-12-45(56-18-19)20(2)30-26(63-45)14-25-23-6-5-21-13-22(8-10-43(21,3)24(23)9-11-44(25,30)4)57-42-39(62-41-36(54)34(52)32(50)28(16-47)59-41)37(55)38(29(17-48)60-42)61-40-35(53)33(51)31(49)27(15-46)58-40/h5,19-20,22-42,46-55H,6-18H2,1-4H3/t19-,20+,22+,23-,24+,25+,26+,27-,28-,29-,30+,31-,32-,33+,34+,35+,36+,37+,38-,39-,40-,41-,42-,43+,44+,45-/m1/s1. The van der Waals surface area contributed by atoms with Gasteiger partial charge in [0.05, 0.1) is 38.6 Å². The highest BCUT2D eigenvalue weighted by atomic mass is 16.8. The van der Waals surface area contributed by atoms with Gasteiger partial charge in [-0.25, -0.2) is 0 Å². The van der Waals surface area contributed by atoms with Crippen LogP contribution in [0.4, 0.5) is 0 Å². The van der Waals surface area contributed by atoms with Crippen molar-refractivity contribution in [3.8, 4) is 0 Å². The van der Waals surface area contributed by atoms with Crippen LogP contribution in [-0.2, 0) is 37.9 Å². The molecule has 10 N–H and O–H groups in total. The highest BCUT2D eigenvalue weighted by Crippen LogP contribution is 2.70. The maximum Gasteiger partial charge on any atom is 0.187 e. The fourth-order valence-electron chi connectivity index (χ4n) is 14.1.